The zero-order chi connectivity index (χ0) is 19.2. The Kier molecular flexibility index (Phi) is 6.36. The van der Waals surface area contributed by atoms with Gasteiger partial charge in [-0.1, -0.05) is 6.07 Å². The van der Waals surface area contributed by atoms with Crippen LogP contribution >= 0.6 is 0 Å². The first kappa shape index (κ1) is 19.5. The Morgan fingerprint density at radius 3 is 2.65 bits per heavy atom. The molecule has 0 unspecified atom stereocenters. The molecule has 1 aliphatic heterocycles. The number of hydrogen-bond donors (Lipinski definition) is 1. The van der Waals surface area contributed by atoms with E-state index in [1.54, 1.807) is 32.9 Å². The van der Waals surface area contributed by atoms with E-state index in [0.29, 0.717) is 24.7 Å². The number of rotatable bonds is 6. The standard InChI is InChI=1S/C18H23N3O5/c1-18(2,3)26-17(23)21-13(14(22)6-7-20-19)10-12-4-5-15-16(11-12)25-9-8-24-15/h4-5,7,11,13H,6,8-10H2,1-3H3,(H,21,23)/t13-/m0/s1. The third-order valence-electron chi connectivity index (χ3n) is 3.50. The first-order valence-electron chi connectivity index (χ1n) is 8.35. The molecule has 0 aliphatic carbocycles. The van der Waals surface area contributed by atoms with Crippen molar-refractivity contribution in [1.82, 2.24) is 5.32 Å². The topological polar surface area (TPSA) is 110 Å². The lowest BCUT2D eigenvalue weighted by Gasteiger charge is -2.23. The van der Waals surface area contributed by atoms with Crippen LogP contribution in [0.1, 0.15) is 32.8 Å². The fourth-order valence-electron chi connectivity index (χ4n) is 2.42. The molecule has 0 aromatic heterocycles. The van der Waals surface area contributed by atoms with Crippen LogP contribution in [0.4, 0.5) is 4.79 Å². The molecule has 2 rings (SSSR count). The van der Waals surface area contributed by atoms with Gasteiger partial charge in [-0.25, -0.2) is 4.79 Å². The maximum atomic E-state index is 12.4. The molecule has 8 nitrogen and oxygen atoms in total. The molecule has 1 amide bonds. The van der Waals surface area contributed by atoms with Gasteiger partial charge in [-0.05, 0) is 38.5 Å². The summed E-state index contributed by atoms with van der Waals surface area (Å²) in [5.74, 6) is 0.952. The van der Waals surface area contributed by atoms with Crippen molar-refractivity contribution in [3.8, 4) is 11.5 Å². The number of hydrogen-bond acceptors (Lipinski definition) is 5. The van der Waals surface area contributed by atoms with E-state index in [1.165, 1.54) is 0 Å². The van der Waals surface area contributed by atoms with Crippen LogP contribution < -0.4 is 14.8 Å². The first-order chi connectivity index (χ1) is 12.3. The van der Waals surface area contributed by atoms with Crippen molar-refractivity contribution in [3.63, 3.8) is 0 Å². The van der Waals surface area contributed by atoms with Crippen LogP contribution in [-0.2, 0) is 16.0 Å². The minimum Gasteiger partial charge on any atom is -0.486 e. The number of nitrogens with one attached hydrogen (secondary N) is 1. The average Bonchev–Trinajstić information content (AvgIpc) is 2.57. The fourth-order valence-corrected chi connectivity index (χ4v) is 2.42. The van der Waals surface area contributed by atoms with Crippen molar-refractivity contribution in [2.24, 2.45) is 0 Å². The van der Waals surface area contributed by atoms with E-state index in [9.17, 15) is 9.59 Å². The van der Waals surface area contributed by atoms with E-state index in [-0.39, 0.29) is 18.6 Å². The van der Waals surface area contributed by atoms with Gasteiger partial charge in [0.1, 0.15) is 25.2 Å². The SMILES string of the molecule is CC(C)(C)OC(=O)N[C@@H](Cc1ccc2c(c1)OCCO2)C(=O)CC=[N+]=[N-]. The summed E-state index contributed by atoms with van der Waals surface area (Å²) in [7, 11) is 0. The molecule has 0 saturated carbocycles. The van der Waals surface area contributed by atoms with Gasteiger partial charge in [0.15, 0.2) is 17.3 Å². The van der Waals surface area contributed by atoms with Gasteiger partial charge in [0, 0.05) is 6.42 Å². The zero-order valence-corrected chi connectivity index (χ0v) is 15.2. The molecule has 0 radical (unpaired) electrons. The van der Waals surface area contributed by atoms with Gasteiger partial charge in [0.2, 0.25) is 0 Å². The van der Waals surface area contributed by atoms with Crippen molar-refractivity contribution in [1.29, 1.82) is 0 Å². The Morgan fingerprint density at radius 2 is 2.00 bits per heavy atom. The van der Waals surface area contributed by atoms with Crippen LogP contribution in [0.3, 0.4) is 0 Å². The lowest BCUT2D eigenvalue weighted by atomic mass is 10.0. The Morgan fingerprint density at radius 1 is 1.31 bits per heavy atom. The van der Waals surface area contributed by atoms with Gasteiger partial charge < -0.3 is 25.1 Å². The summed E-state index contributed by atoms with van der Waals surface area (Å²) in [6.45, 7) is 6.17. The Hall–Kier alpha value is -2.86. The number of amides is 1. The number of fused-ring (bicyclic) bond motifs is 1. The maximum absolute atomic E-state index is 12.4. The number of Topliss-reactive ketones (excluding diaryl/α,β-unsaturated/α-hetero) is 1. The summed E-state index contributed by atoms with van der Waals surface area (Å²) in [5, 5.41) is 2.58. The molecule has 140 valence electrons. The maximum Gasteiger partial charge on any atom is 0.408 e. The molecule has 0 saturated heterocycles. The molecular formula is C18H23N3O5. The summed E-state index contributed by atoms with van der Waals surface area (Å²) in [6.07, 6.45) is 0.528. The minimum atomic E-state index is -0.828. The van der Waals surface area contributed by atoms with Gasteiger partial charge in [0.05, 0.1) is 6.04 Å². The van der Waals surface area contributed by atoms with Crippen LogP contribution in [0.2, 0.25) is 0 Å². The number of carbonyl (C=O) groups is 2. The average molecular weight is 361 g/mol. The van der Waals surface area contributed by atoms with E-state index in [4.69, 9.17) is 19.7 Å². The van der Waals surface area contributed by atoms with Crippen LogP contribution in [0.15, 0.2) is 18.2 Å². The molecule has 0 bridgehead atoms. The zero-order valence-electron chi connectivity index (χ0n) is 15.2. The number of ketones is 1. The van der Waals surface area contributed by atoms with Crippen LogP contribution in [0.5, 0.6) is 11.5 Å². The molecule has 26 heavy (non-hydrogen) atoms. The molecule has 1 aromatic rings. The lowest BCUT2D eigenvalue weighted by Crippen LogP contribution is -2.44. The molecule has 1 aliphatic rings. The van der Waals surface area contributed by atoms with Crippen molar-refractivity contribution >= 4 is 18.1 Å². The van der Waals surface area contributed by atoms with Crippen molar-refractivity contribution in [3.05, 3.63) is 29.3 Å². The third-order valence-corrected chi connectivity index (χ3v) is 3.50. The largest absolute Gasteiger partial charge is 0.486 e. The highest BCUT2D eigenvalue weighted by Gasteiger charge is 2.25. The number of nitrogens with zero attached hydrogens (tertiary/aromatic N) is 2. The highest BCUT2D eigenvalue weighted by Crippen LogP contribution is 2.31. The highest BCUT2D eigenvalue weighted by atomic mass is 16.6. The molecule has 0 spiro atoms. The Balaban J connectivity index is 2.13. The minimum absolute atomic E-state index is 0.110. The number of benzene rings is 1. The van der Waals surface area contributed by atoms with Gasteiger partial charge >= 0.3 is 6.09 Å². The van der Waals surface area contributed by atoms with Crippen LogP contribution in [-0.4, -0.2) is 47.7 Å². The second-order valence-corrected chi connectivity index (χ2v) is 6.85. The van der Waals surface area contributed by atoms with Crippen molar-refractivity contribution in [2.75, 3.05) is 13.2 Å². The lowest BCUT2D eigenvalue weighted by molar-refractivity contribution is -0.120. The van der Waals surface area contributed by atoms with Gasteiger partial charge in [0.25, 0.3) is 6.21 Å². The van der Waals surface area contributed by atoms with Crippen LogP contribution in [0, 0.1) is 0 Å². The monoisotopic (exact) mass is 361 g/mol. The first-order valence-corrected chi connectivity index (χ1v) is 8.35. The van der Waals surface area contributed by atoms with E-state index in [1.807, 2.05) is 6.07 Å². The summed E-state index contributed by atoms with van der Waals surface area (Å²) < 4.78 is 16.2. The second-order valence-electron chi connectivity index (χ2n) is 6.85. The molecular weight excluding hydrogens is 338 g/mol. The van der Waals surface area contributed by atoms with E-state index < -0.39 is 17.7 Å². The normalized spacial score (nSPS) is 14.0. The number of alkyl carbamates (subject to hydrolysis) is 1. The van der Waals surface area contributed by atoms with Gasteiger partial charge in [-0.3, -0.25) is 4.79 Å². The van der Waals surface area contributed by atoms with Crippen molar-refractivity contribution < 1.29 is 28.6 Å². The summed E-state index contributed by atoms with van der Waals surface area (Å²) in [5.41, 5.74) is 8.65. The van der Waals surface area contributed by atoms with Gasteiger partial charge in [-0.15, -0.1) is 0 Å². The highest BCUT2D eigenvalue weighted by molar-refractivity contribution is 5.95. The quantitative estimate of drug-likeness (QED) is 0.474. The predicted molar refractivity (Wildman–Crippen MR) is 93.6 cm³/mol. The van der Waals surface area contributed by atoms with Gasteiger partial charge in [-0.2, -0.15) is 4.79 Å². The summed E-state index contributed by atoms with van der Waals surface area (Å²) >= 11 is 0. The summed E-state index contributed by atoms with van der Waals surface area (Å²) in [6, 6.07) is 4.54. The fraction of sp³-hybridized carbons (Fsp3) is 0.500. The Labute approximate surface area is 152 Å². The number of ether oxygens (including phenoxy) is 3. The van der Waals surface area contributed by atoms with E-state index in [0.717, 1.165) is 11.8 Å². The number of carbonyl (C=O) groups excluding carboxylic acids is 2. The molecule has 0 fully saturated rings. The van der Waals surface area contributed by atoms with E-state index >= 15 is 0 Å². The third kappa shape index (κ3) is 5.89. The van der Waals surface area contributed by atoms with Crippen LogP contribution in [0.25, 0.3) is 5.53 Å². The molecule has 8 heteroatoms. The molecule has 1 aromatic carbocycles. The second kappa shape index (κ2) is 8.49. The van der Waals surface area contributed by atoms with E-state index in [2.05, 4.69) is 10.1 Å². The predicted octanol–water partition coefficient (Wildman–Crippen LogP) is 2.15. The Bertz CT molecular complexity index is 720. The summed E-state index contributed by atoms with van der Waals surface area (Å²) in [4.78, 5) is 27.3. The smallest absolute Gasteiger partial charge is 0.408 e. The van der Waals surface area contributed by atoms with Crippen molar-refractivity contribution in [2.45, 2.75) is 45.3 Å². The molecule has 1 heterocycles. The molecule has 1 atom stereocenters. The molecule has 1 N–H and O–H groups in total.